The Balaban J connectivity index is 0.000000370. The third-order valence-corrected chi connectivity index (χ3v) is 5.66. The van der Waals surface area contributed by atoms with Crippen molar-refractivity contribution in [1.29, 1.82) is 0 Å². The van der Waals surface area contributed by atoms with Crippen molar-refractivity contribution in [2.45, 2.75) is 51.9 Å². The van der Waals surface area contributed by atoms with Crippen molar-refractivity contribution in [2.24, 2.45) is 0 Å². The van der Waals surface area contributed by atoms with Gasteiger partial charge in [0.1, 0.15) is 0 Å². The van der Waals surface area contributed by atoms with E-state index in [1.165, 1.54) is 38.5 Å². The molecule has 0 atom stereocenters. The average molecular weight is 311 g/mol. The SMILES string of the molecule is C=[CH][Ti](=[O])(=[O])[c]1ccccc1.[CH2]CCCCCCCC. The number of hydrogen-bond acceptors (Lipinski definition) is 2. The summed E-state index contributed by atoms with van der Waals surface area (Å²) in [7, 11) is 0. The first-order chi connectivity index (χ1) is 9.58. The zero-order valence-electron chi connectivity index (χ0n) is 12.6. The molecule has 0 amide bonds. The van der Waals surface area contributed by atoms with Gasteiger partial charge in [-0.05, 0) is 0 Å². The fourth-order valence-electron chi connectivity index (χ4n) is 1.75. The van der Waals surface area contributed by atoms with Gasteiger partial charge in [0, 0.05) is 0 Å². The molecule has 2 nitrogen and oxygen atoms in total. The number of rotatable bonds is 8. The Morgan fingerprint density at radius 3 is 2.05 bits per heavy atom. The molecule has 1 radical (unpaired) electrons. The van der Waals surface area contributed by atoms with Gasteiger partial charge in [-0.2, -0.15) is 0 Å². The Kier molecular flexibility index (Phi) is 11.6. The molecule has 0 bridgehead atoms. The van der Waals surface area contributed by atoms with Crippen LogP contribution in [-0.4, -0.2) is 0 Å². The molecular formula is C17H27O2Ti. The number of unbranched alkanes of at least 4 members (excludes halogenated alkanes) is 6. The summed E-state index contributed by atoms with van der Waals surface area (Å²) >= 11 is -4.28. The predicted molar refractivity (Wildman–Crippen MR) is 81.0 cm³/mol. The van der Waals surface area contributed by atoms with Crippen molar-refractivity contribution < 1.29 is 23.2 Å². The van der Waals surface area contributed by atoms with Crippen LogP contribution in [0.25, 0.3) is 0 Å². The molecule has 0 heterocycles. The molecule has 0 aliphatic carbocycles. The molecule has 20 heavy (non-hydrogen) atoms. The van der Waals surface area contributed by atoms with Gasteiger partial charge < -0.3 is 0 Å². The predicted octanol–water partition coefficient (Wildman–Crippen LogP) is 4.87. The molecule has 0 aromatic heterocycles. The molecule has 3 heteroatoms. The second-order valence-electron chi connectivity index (χ2n) is 4.86. The number of benzene rings is 1. The average Bonchev–Trinajstić information content (AvgIpc) is 2.49. The zero-order chi connectivity index (χ0) is 15.3. The summed E-state index contributed by atoms with van der Waals surface area (Å²) in [6.07, 6.45) is 9.45. The summed E-state index contributed by atoms with van der Waals surface area (Å²) < 4.78 is 23.8. The van der Waals surface area contributed by atoms with Crippen LogP contribution in [-0.2, 0) is 23.2 Å². The summed E-state index contributed by atoms with van der Waals surface area (Å²) in [5.41, 5.74) is 0. The molecule has 1 rings (SSSR count). The standard InChI is InChI=1S/C9H19.C6H5.C2H3.2O.Ti/c1-3-5-7-9-8-6-4-2;1-2-4-6-5-3-1;1-2;;;/h1,3-9H2,2H3;1-5H;1H,2H2;;;. The van der Waals surface area contributed by atoms with Gasteiger partial charge in [-0.25, -0.2) is 0 Å². The van der Waals surface area contributed by atoms with Crippen LogP contribution >= 0.6 is 0 Å². The van der Waals surface area contributed by atoms with E-state index < -0.39 is 16.5 Å². The Hall–Kier alpha value is -0.726. The van der Waals surface area contributed by atoms with E-state index in [1.807, 2.05) is 0 Å². The Bertz CT molecular complexity index is 429. The minimum absolute atomic E-state index is 0.391. The van der Waals surface area contributed by atoms with Crippen LogP contribution in [0.4, 0.5) is 0 Å². The van der Waals surface area contributed by atoms with Gasteiger partial charge in [0.2, 0.25) is 0 Å². The van der Waals surface area contributed by atoms with Crippen LogP contribution in [0.5, 0.6) is 0 Å². The van der Waals surface area contributed by atoms with Gasteiger partial charge in [-0.1, -0.05) is 58.8 Å². The van der Waals surface area contributed by atoms with Crippen molar-refractivity contribution >= 4 is 3.87 Å². The maximum Gasteiger partial charge on any atom is -0.0533 e. The van der Waals surface area contributed by atoms with Gasteiger partial charge in [-0.3, -0.25) is 0 Å². The van der Waals surface area contributed by atoms with Gasteiger partial charge in [0.05, 0.1) is 0 Å². The zero-order valence-corrected chi connectivity index (χ0v) is 14.2. The fourth-order valence-corrected chi connectivity index (χ4v) is 3.14. The summed E-state index contributed by atoms with van der Waals surface area (Å²) in [6, 6.07) is 8.36. The molecule has 0 spiro atoms. The van der Waals surface area contributed by atoms with Crippen LogP contribution in [0.1, 0.15) is 51.9 Å². The van der Waals surface area contributed by atoms with Gasteiger partial charge in [0.25, 0.3) is 0 Å². The Morgan fingerprint density at radius 1 is 1.00 bits per heavy atom. The molecule has 111 valence electrons. The Labute approximate surface area is 127 Å². The smallest absolute Gasteiger partial charge is 0.0533 e. The van der Waals surface area contributed by atoms with E-state index in [9.17, 15) is 6.65 Å². The quantitative estimate of drug-likeness (QED) is 0.507. The second-order valence-corrected chi connectivity index (χ2v) is 8.48. The summed E-state index contributed by atoms with van der Waals surface area (Å²) in [5.74, 6) is 0. The van der Waals surface area contributed by atoms with Crippen molar-refractivity contribution in [2.75, 3.05) is 0 Å². The summed E-state index contributed by atoms with van der Waals surface area (Å²) in [5, 5.41) is 0. The fraction of sp³-hybridized carbons (Fsp3) is 0.471. The third-order valence-electron chi connectivity index (χ3n) is 3.05. The maximum absolute atomic E-state index is 11.2. The first kappa shape index (κ1) is 19.3. The molecule has 0 aliphatic rings. The van der Waals surface area contributed by atoms with Gasteiger partial charge in [0.15, 0.2) is 0 Å². The molecule has 0 saturated heterocycles. The monoisotopic (exact) mass is 311 g/mol. The summed E-state index contributed by atoms with van der Waals surface area (Å²) in [6.45, 7) is 9.32. The molecule has 1 aromatic rings. The minimum Gasteiger partial charge on any atom is -0.0654 e. The Morgan fingerprint density at radius 2 is 1.55 bits per heavy atom. The van der Waals surface area contributed by atoms with Crippen molar-refractivity contribution in [3.8, 4) is 0 Å². The van der Waals surface area contributed by atoms with Crippen LogP contribution in [0, 0.1) is 6.92 Å². The van der Waals surface area contributed by atoms with E-state index in [4.69, 9.17) is 0 Å². The number of hydrogen-bond donors (Lipinski definition) is 0. The van der Waals surface area contributed by atoms with Crippen LogP contribution in [0.3, 0.4) is 0 Å². The van der Waals surface area contributed by atoms with E-state index in [0.717, 1.165) is 10.8 Å². The van der Waals surface area contributed by atoms with Crippen LogP contribution in [0.15, 0.2) is 41.3 Å². The van der Waals surface area contributed by atoms with Crippen molar-refractivity contribution in [3.05, 3.63) is 48.2 Å². The third kappa shape index (κ3) is 9.22. The van der Waals surface area contributed by atoms with E-state index in [2.05, 4.69) is 20.4 Å². The molecule has 1 aromatic carbocycles. The van der Waals surface area contributed by atoms with Gasteiger partial charge >= 0.3 is 68.3 Å². The first-order valence-corrected chi connectivity index (χ1v) is 10.4. The topological polar surface area (TPSA) is 34.1 Å². The molecule has 0 aliphatic heterocycles. The van der Waals surface area contributed by atoms with Gasteiger partial charge in [-0.15, -0.1) is 0 Å². The first-order valence-electron chi connectivity index (χ1n) is 7.47. The van der Waals surface area contributed by atoms with E-state index in [0.29, 0.717) is 3.87 Å². The molecule has 0 saturated carbocycles. The molecular weight excluding hydrogens is 284 g/mol. The van der Waals surface area contributed by atoms with Crippen LogP contribution < -0.4 is 3.87 Å². The van der Waals surface area contributed by atoms with E-state index in [-0.39, 0.29) is 0 Å². The minimum atomic E-state index is -4.28. The normalized spacial score (nSPS) is 9.70. The molecule has 0 fully saturated rings. The summed E-state index contributed by atoms with van der Waals surface area (Å²) in [4.78, 5) is 0. The van der Waals surface area contributed by atoms with Crippen molar-refractivity contribution in [3.63, 3.8) is 0 Å². The largest absolute Gasteiger partial charge is 0.0654 e. The van der Waals surface area contributed by atoms with E-state index in [1.54, 1.807) is 30.3 Å². The van der Waals surface area contributed by atoms with Crippen molar-refractivity contribution in [1.82, 2.24) is 0 Å². The second kappa shape index (κ2) is 12.0. The van der Waals surface area contributed by atoms with Crippen LogP contribution in [0.2, 0.25) is 0 Å². The molecule has 0 N–H and O–H groups in total. The maximum atomic E-state index is 11.2. The molecule has 0 unspecified atom stereocenters. The van der Waals surface area contributed by atoms with E-state index >= 15 is 0 Å².